The fourth-order valence-electron chi connectivity index (χ4n) is 5.17. The molecule has 5 heterocycles. The number of amides is 2. The highest BCUT2D eigenvalue weighted by molar-refractivity contribution is 5.94. The van der Waals surface area contributed by atoms with Crippen molar-refractivity contribution < 1.29 is 23.8 Å². The molecule has 41 heavy (non-hydrogen) atoms. The van der Waals surface area contributed by atoms with Gasteiger partial charge in [0, 0.05) is 31.7 Å². The molecular formula is C31H29N5O5. The number of benzene rings is 2. The minimum absolute atomic E-state index is 0.127. The predicted octanol–water partition coefficient (Wildman–Crippen LogP) is 3.61. The number of methoxy groups -OCH3 is 1. The lowest BCUT2D eigenvalue weighted by molar-refractivity contribution is -0.123. The zero-order valence-corrected chi connectivity index (χ0v) is 22.6. The van der Waals surface area contributed by atoms with Crippen molar-refractivity contribution in [2.45, 2.75) is 18.9 Å². The molecule has 0 aliphatic carbocycles. The maximum atomic E-state index is 14.0. The Labute approximate surface area is 237 Å². The van der Waals surface area contributed by atoms with Crippen LogP contribution in [0.5, 0.6) is 17.2 Å². The van der Waals surface area contributed by atoms with Gasteiger partial charge in [0.15, 0.2) is 23.9 Å². The van der Waals surface area contributed by atoms with Gasteiger partial charge in [-0.15, -0.1) is 0 Å². The third kappa shape index (κ3) is 5.54. The van der Waals surface area contributed by atoms with Crippen molar-refractivity contribution in [3.63, 3.8) is 0 Å². The molecule has 0 saturated heterocycles. The van der Waals surface area contributed by atoms with Gasteiger partial charge in [-0.1, -0.05) is 18.2 Å². The average Bonchev–Trinajstić information content (AvgIpc) is 3.02. The number of rotatable bonds is 3. The van der Waals surface area contributed by atoms with Crippen molar-refractivity contribution in [2.24, 2.45) is 0 Å². The lowest BCUT2D eigenvalue weighted by atomic mass is 9.87. The summed E-state index contributed by atoms with van der Waals surface area (Å²) in [4.78, 5) is 41.3. The zero-order chi connectivity index (χ0) is 28.2. The van der Waals surface area contributed by atoms with Crippen molar-refractivity contribution in [3.8, 4) is 28.8 Å². The van der Waals surface area contributed by atoms with E-state index in [1.807, 2.05) is 59.5 Å². The molecule has 0 radical (unpaired) electrons. The SMILES string of the molecule is COc1cc2c3cc1OCC(=O)NCCCOc1cccc(c1)C2N(C(=O)c1cnc(-c2ccccn2)nc1)CC3. The fraction of sp³-hybridized carbons (Fsp3) is 0.258. The highest BCUT2D eigenvalue weighted by Gasteiger charge is 2.34. The van der Waals surface area contributed by atoms with Crippen LogP contribution >= 0.6 is 0 Å². The van der Waals surface area contributed by atoms with Gasteiger partial charge < -0.3 is 24.4 Å². The quantitative estimate of drug-likeness (QED) is 0.411. The molecule has 0 fully saturated rings. The number of carbonyl (C=O) groups is 2. The summed E-state index contributed by atoms with van der Waals surface area (Å²) in [5.74, 6) is 1.71. The predicted molar refractivity (Wildman–Crippen MR) is 150 cm³/mol. The molecule has 1 N–H and O–H groups in total. The van der Waals surface area contributed by atoms with E-state index in [1.165, 1.54) is 0 Å². The molecule has 3 aliphatic heterocycles. The van der Waals surface area contributed by atoms with Crippen molar-refractivity contribution in [3.05, 3.63) is 95.4 Å². The van der Waals surface area contributed by atoms with Crippen LogP contribution in [0.4, 0.5) is 0 Å². The molecule has 2 amide bonds. The molecule has 3 aliphatic rings. The Bertz CT molecular complexity index is 1560. The number of aromatic nitrogens is 3. The highest BCUT2D eigenvalue weighted by atomic mass is 16.5. The number of carbonyl (C=O) groups excluding carboxylic acids is 2. The van der Waals surface area contributed by atoms with Gasteiger partial charge in [0.2, 0.25) is 0 Å². The van der Waals surface area contributed by atoms with E-state index >= 15 is 0 Å². The molecule has 2 aromatic carbocycles. The van der Waals surface area contributed by atoms with Crippen LogP contribution in [0, 0.1) is 0 Å². The molecular weight excluding hydrogens is 522 g/mol. The van der Waals surface area contributed by atoms with Crippen molar-refractivity contribution in [2.75, 3.05) is 33.4 Å². The first-order chi connectivity index (χ1) is 20.1. The fourth-order valence-corrected chi connectivity index (χ4v) is 5.17. The van der Waals surface area contributed by atoms with E-state index in [9.17, 15) is 9.59 Å². The molecule has 1 unspecified atom stereocenters. The van der Waals surface area contributed by atoms with Crippen molar-refractivity contribution >= 4 is 11.8 Å². The first kappa shape index (κ1) is 26.2. The van der Waals surface area contributed by atoms with E-state index in [0.29, 0.717) is 66.9 Å². The lowest BCUT2D eigenvalue weighted by Crippen LogP contribution is -2.40. The summed E-state index contributed by atoms with van der Waals surface area (Å²) in [6, 6.07) is 16.7. The standard InChI is InChI=1S/C31H29N5O5/c1-39-26-16-24-20-9-12-36(31(38)22-17-34-30(35-18-22)25-8-2-3-10-32-25)29(24)21-6-4-7-23(14-21)40-13-5-11-33-28(37)19-41-27(26)15-20/h2-4,6-8,10,14-18,29H,5,9,11-13,19H2,1H3,(H,33,37). The monoisotopic (exact) mass is 551 g/mol. The van der Waals surface area contributed by atoms with E-state index in [-0.39, 0.29) is 18.4 Å². The first-order valence-electron chi connectivity index (χ1n) is 13.5. The van der Waals surface area contributed by atoms with Gasteiger partial charge in [0.25, 0.3) is 11.8 Å². The Hall–Kier alpha value is -4.99. The second-order valence-electron chi connectivity index (χ2n) is 9.78. The molecule has 0 saturated carbocycles. The molecule has 0 spiro atoms. The summed E-state index contributed by atoms with van der Waals surface area (Å²) in [5.41, 5.74) is 3.84. The average molecular weight is 552 g/mol. The van der Waals surface area contributed by atoms with Gasteiger partial charge in [0.05, 0.1) is 25.3 Å². The number of ether oxygens (including phenoxy) is 3. The molecule has 2 aromatic heterocycles. The normalized spacial score (nSPS) is 16.8. The lowest BCUT2D eigenvalue weighted by Gasteiger charge is -2.38. The number of nitrogens with zero attached hydrogens (tertiary/aromatic N) is 4. The van der Waals surface area contributed by atoms with Gasteiger partial charge in [0.1, 0.15) is 11.4 Å². The van der Waals surface area contributed by atoms with Crippen LogP contribution in [0.1, 0.15) is 39.5 Å². The Morgan fingerprint density at radius 2 is 1.93 bits per heavy atom. The smallest absolute Gasteiger partial charge is 0.257 e. The first-order valence-corrected chi connectivity index (χ1v) is 13.5. The Balaban J connectivity index is 1.41. The van der Waals surface area contributed by atoms with Crippen LogP contribution in [0.15, 0.2) is 73.2 Å². The van der Waals surface area contributed by atoms with E-state index in [0.717, 1.165) is 16.7 Å². The molecule has 10 heteroatoms. The Morgan fingerprint density at radius 1 is 1.05 bits per heavy atom. The molecule has 4 aromatic rings. The van der Waals surface area contributed by atoms with Crippen LogP contribution in [0.25, 0.3) is 11.5 Å². The third-order valence-corrected chi connectivity index (χ3v) is 7.15. The zero-order valence-electron chi connectivity index (χ0n) is 22.6. The van der Waals surface area contributed by atoms with E-state index in [2.05, 4.69) is 20.3 Å². The van der Waals surface area contributed by atoms with Crippen LogP contribution in [-0.4, -0.2) is 65.1 Å². The van der Waals surface area contributed by atoms with E-state index in [1.54, 1.807) is 25.7 Å². The highest BCUT2D eigenvalue weighted by Crippen LogP contribution is 2.42. The largest absolute Gasteiger partial charge is 0.494 e. The van der Waals surface area contributed by atoms with Gasteiger partial charge in [-0.05, 0) is 65.9 Å². The summed E-state index contributed by atoms with van der Waals surface area (Å²) in [6.07, 6.45) is 6.00. The second-order valence-corrected chi connectivity index (χ2v) is 9.78. The molecule has 1 atom stereocenters. The maximum Gasteiger partial charge on any atom is 0.257 e. The minimum atomic E-state index is -0.426. The molecule has 208 valence electrons. The number of fused-ring (bicyclic) bond motifs is 8. The Kier molecular flexibility index (Phi) is 7.44. The van der Waals surface area contributed by atoms with Gasteiger partial charge in [-0.25, -0.2) is 9.97 Å². The van der Waals surface area contributed by atoms with Crippen LogP contribution in [-0.2, 0) is 11.2 Å². The van der Waals surface area contributed by atoms with Crippen LogP contribution in [0.2, 0.25) is 0 Å². The maximum absolute atomic E-state index is 14.0. The second kappa shape index (κ2) is 11.6. The summed E-state index contributed by atoms with van der Waals surface area (Å²) < 4.78 is 17.5. The summed E-state index contributed by atoms with van der Waals surface area (Å²) in [5, 5.41) is 2.85. The number of hydrogen-bond acceptors (Lipinski definition) is 8. The van der Waals surface area contributed by atoms with Crippen LogP contribution in [0.3, 0.4) is 0 Å². The summed E-state index contributed by atoms with van der Waals surface area (Å²) in [7, 11) is 1.56. The van der Waals surface area contributed by atoms with E-state index < -0.39 is 6.04 Å². The van der Waals surface area contributed by atoms with Gasteiger partial charge >= 0.3 is 0 Å². The third-order valence-electron chi connectivity index (χ3n) is 7.15. The summed E-state index contributed by atoms with van der Waals surface area (Å²) >= 11 is 0. The number of nitrogens with one attached hydrogen (secondary N) is 1. The van der Waals surface area contributed by atoms with Crippen molar-refractivity contribution in [1.29, 1.82) is 0 Å². The number of pyridine rings is 1. The minimum Gasteiger partial charge on any atom is -0.494 e. The molecule has 7 rings (SSSR count). The topological polar surface area (TPSA) is 116 Å². The molecule has 6 bridgehead atoms. The molecule has 10 nitrogen and oxygen atoms in total. The Morgan fingerprint density at radius 3 is 2.73 bits per heavy atom. The van der Waals surface area contributed by atoms with Crippen LogP contribution < -0.4 is 19.5 Å². The van der Waals surface area contributed by atoms with Gasteiger partial charge in [-0.2, -0.15) is 0 Å². The van der Waals surface area contributed by atoms with E-state index in [4.69, 9.17) is 14.2 Å². The van der Waals surface area contributed by atoms with Crippen molar-refractivity contribution in [1.82, 2.24) is 25.2 Å². The van der Waals surface area contributed by atoms with Gasteiger partial charge in [-0.3, -0.25) is 14.6 Å². The number of hydrogen-bond donors (Lipinski definition) is 1. The summed E-state index contributed by atoms with van der Waals surface area (Å²) in [6.45, 7) is 1.23.